The molecule has 0 heterocycles. The topological polar surface area (TPSA) is 40.5 Å². The average Bonchev–Trinajstić information content (AvgIpc) is 2.46. The van der Waals surface area contributed by atoms with Gasteiger partial charge in [-0.15, -0.1) is 0 Å². The summed E-state index contributed by atoms with van der Waals surface area (Å²) >= 11 is 0. The summed E-state index contributed by atoms with van der Waals surface area (Å²) in [7, 11) is 0. The number of phenols is 2. The third kappa shape index (κ3) is 2.05. The maximum atomic E-state index is 13.6. The molecule has 2 rings (SSSR count). The largest absolute Gasteiger partial charge is 0.503 e. The fourth-order valence-electron chi connectivity index (χ4n) is 1.63. The van der Waals surface area contributed by atoms with Crippen LogP contribution in [0, 0.1) is 40.7 Å². The molecule has 0 unspecified atom stereocenters. The summed E-state index contributed by atoms with van der Waals surface area (Å²) in [5.74, 6) is -18.9. The highest BCUT2D eigenvalue weighted by molar-refractivity contribution is 5.69. The van der Waals surface area contributed by atoms with E-state index in [0.29, 0.717) is 0 Å². The molecule has 0 fully saturated rings. The van der Waals surface area contributed by atoms with Gasteiger partial charge in [0.05, 0.1) is 5.56 Å². The van der Waals surface area contributed by atoms with Crippen LogP contribution < -0.4 is 0 Å². The lowest BCUT2D eigenvalue weighted by molar-refractivity contribution is 0.357. The molecule has 9 heteroatoms. The van der Waals surface area contributed by atoms with Crippen molar-refractivity contribution < 1.29 is 40.9 Å². The van der Waals surface area contributed by atoms with Crippen LogP contribution >= 0.6 is 0 Å². The summed E-state index contributed by atoms with van der Waals surface area (Å²) in [6.07, 6.45) is 0. The second-order valence-corrected chi connectivity index (χ2v) is 3.86. The van der Waals surface area contributed by atoms with Gasteiger partial charge >= 0.3 is 0 Å². The highest BCUT2D eigenvalue weighted by Gasteiger charge is 2.30. The summed E-state index contributed by atoms with van der Waals surface area (Å²) in [5.41, 5.74) is -3.20. The Bertz CT molecular complexity index is 729. The fourth-order valence-corrected chi connectivity index (χ4v) is 1.63. The zero-order chi connectivity index (χ0) is 16.1. The molecular weight excluding hydrogens is 309 g/mol. The number of hydrogen-bond donors (Lipinski definition) is 2. The molecule has 112 valence electrons. The zero-order valence-corrected chi connectivity index (χ0v) is 9.62. The summed E-state index contributed by atoms with van der Waals surface area (Å²) in [6.45, 7) is 0. The van der Waals surface area contributed by atoms with Gasteiger partial charge in [-0.1, -0.05) is 0 Å². The standard InChI is InChI=1S/C12H3F7O2/c13-3-1-2(5(14)11(20)6(3)15)4-7(16)9(18)12(21)10(19)8(4)17/h1,20-21H. The Morgan fingerprint density at radius 1 is 0.571 bits per heavy atom. The van der Waals surface area contributed by atoms with E-state index in [-0.39, 0.29) is 6.07 Å². The average molecular weight is 312 g/mol. The first-order valence-corrected chi connectivity index (χ1v) is 5.10. The predicted molar refractivity (Wildman–Crippen MR) is 54.9 cm³/mol. The highest BCUT2D eigenvalue weighted by atomic mass is 19.2. The van der Waals surface area contributed by atoms with Crippen LogP contribution in [0.3, 0.4) is 0 Å². The van der Waals surface area contributed by atoms with Gasteiger partial charge in [0.2, 0.25) is 17.5 Å². The lowest BCUT2D eigenvalue weighted by atomic mass is 10.0. The van der Waals surface area contributed by atoms with Crippen LogP contribution in [-0.4, -0.2) is 10.2 Å². The van der Waals surface area contributed by atoms with E-state index in [1.165, 1.54) is 0 Å². The third-order valence-electron chi connectivity index (χ3n) is 2.64. The molecule has 2 aromatic carbocycles. The second kappa shape index (κ2) is 4.83. The number of halogens is 7. The van der Waals surface area contributed by atoms with Crippen LogP contribution in [0.25, 0.3) is 11.1 Å². The molecule has 0 aliphatic heterocycles. The molecule has 0 radical (unpaired) electrons. The maximum Gasteiger partial charge on any atom is 0.204 e. The maximum absolute atomic E-state index is 13.6. The van der Waals surface area contributed by atoms with E-state index < -0.39 is 63.3 Å². The van der Waals surface area contributed by atoms with Crippen LogP contribution in [0.4, 0.5) is 30.7 Å². The second-order valence-electron chi connectivity index (χ2n) is 3.86. The van der Waals surface area contributed by atoms with Crippen molar-refractivity contribution in [2.24, 2.45) is 0 Å². The van der Waals surface area contributed by atoms with Crippen molar-refractivity contribution in [2.75, 3.05) is 0 Å². The molecule has 0 saturated heterocycles. The van der Waals surface area contributed by atoms with Gasteiger partial charge in [0.1, 0.15) is 0 Å². The van der Waals surface area contributed by atoms with Gasteiger partial charge in [-0.3, -0.25) is 0 Å². The molecular formula is C12H3F7O2. The van der Waals surface area contributed by atoms with Gasteiger partial charge < -0.3 is 10.2 Å². The van der Waals surface area contributed by atoms with Crippen molar-refractivity contribution in [3.8, 4) is 22.6 Å². The van der Waals surface area contributed by atoms with Crippen LogP contribution in [0.5, 0.6) is 11.5 Å². The van der Waals surface area contributed by atoms with Gasteiger partial charge in [-0.05, 0) is 6.07 Å². The predicted octanol–water partition coefficient (Wildman–Crippen LogP) is 3.74. The van der Waals surface area contributed by atoms with E-state index >= 15 is 0 Å². The van der Waals surface area contributed by atoms with E-state index in [1.54, 1.807) is 0 Å². The van der Waals surface area contributed by atoms with Gasteiger partial charge in [0.15, 0.2) is 34.8 Å². The van der Waals surface area contributed by atoms with Gasteiger partial charge in [0, 0.05) is 5.56 Å². The monoisotopic (exact) mass is 312 g/mol. The van der Waals surface area contributed by atoms with Crippen LogP contribution in [0.1, 0.15) is 0 Å². The Hall–Kier alpha value is -2.45. The van der Waals surface area contributed by atoms with Crippen molar-refractivity contribution in [3.63, 3.8) is 0 Å². The molecule has 2 nitrogen and oxygen atoms in total. The Balaban J connectivity index is 2.93. The summed E-state index contributed by atoms with van der Waals surface area (Å²) < 4.78 is 92.8. The fraction of sp³-hybridized carbons (Fsp3) is 0. The first kappa shape index (κ1) is 14.9. The molecule has 2 N–H and O–H groups in total. The van der Waals surface area contributed by atoms with Crippen LogP contribution in [-0.2, 0) is 0 Å². The number of aromatic hydroxyl groups is 2. The van der Waals surface area contributed by atoms with Gasteiger partial charge in [-0.2, -0.15) is 13.2 Å². The molecule has 0 spiro atoms. The van der Waals surface area contributed by atoms with E-state index in [2.05, 4.69) is 0 Å². The first-order valence-electron chi connectivity index (χ1n) is 5.10. The molecule has 0 bridgehead atoms. The molecule has 21 heavy (non-hydrogen) atoms. The minimum absolute atomic E-state index is 0.0954. The Kier molecular flexibility index (Phi) is 3.44. The lowest BCUT2D eigenvalue weighted by Gasteiger charge is -2.11. The molecule has 0 aromatic heterocycles. The smallest absolute Gasteiger partial charge is 0.204 e. The Morgan fingerprint density at radius 2 is 1.00 bits per heavy atom. The summed E-state index contributed by atoms with van der Waals surface area (Å²) in [6, 6.07) is -0.0954. The SMILES string of the molecule is Oc1c(F)c(F)cc(-c2c(F)c(F)c(O)c(F)c2F)c1F. The lowest BCUT2D eigenvalue weighted by Crippen LogP contribution is -2.03. The van der Waals surface area contributed by atoms with Crippen LogP contribution in [0.2, 0.25) is 0 Å². The van der Waals surface area contributed by atoms with Crippen molar-refractivity contribution in [3.05, 3.63) is 46.8 Å². The normalized spacial score (nSPS) is 11.0. The highest BCUT2D eigenvalue weighted by Crippen LogP contribution is 2.39. The minimum Gasteiger partial charge on any atom is -0.503 e. The van der Waals surface area contributed by atoms with E-state index in [0.717, 1.165) is 0 Å². The Labute approximate surface area is 111 Å². The molecule has 0 saturated carbocycles. The zero-order valence-electron chi connectivity index (χ0n) is 9.62. The number of phenolic OH excluding ortho intramolecular Hbond substituents is 2. The quantitative estimate of drug-likeness (QED) is 0.622. The van der Waals surface area contributed by atoms with E-state index in [4.69, 9.17) is 10.2 Å². The number of benzene rings is 2. The molecule has 0 atom stereocenters. The molecule has 0 aliphatic rings. The number of rotatable bonds is 1. The molecule has 0 amide bonds. The summed E-state index contributed by atoms with van der Waals surface area (Å²) in [4.78, 5) is 0. The summed E-state index contributed by atoms with van der Waals surface area (Å²) in [5, 5.41) is 17.7. The van der Waals surface area contributed by atoms with Crippen molar-refractivity contribution >= 4 is 0 Å². The van der Waals surface area contributed by atoms with E-state index in [1.807, 2.05) is 0 Å². The van der Waals surface area contributed by atoms with Crippen molar-refractivity contribution in [1.82, 2.24) is 0 Å². The van der Waals surface area contributed by atoms with Gasteiger partial charge in [0.25, 0.3) is 0 Å². The van der Waals surface area contributed by atoms with Crippen molar-refractivity contribution in [2.45, 2.75) is 0 Å². The first-order chi connectivity index (χ1) is 9.68. The molecule has 0 aliphatic carbocycles. The third-order valence-corrected chi connectivity index (χ3v) is 2.64. The van der Waals surface area contributed by atoms with Gasteiger partial charge in [-0.25, -0.2) is 17.6 Å². The number of hydrogen-bond acceptors (Lipinski definition) is 2. The van der Waals surface area contributed by atoms with E-state index in [9.17, 15) is 30.7 Å². The van der Waals surface area contributed by atoms with Crippen LogP contribution in [0.15, 0.2) is 6.07 Å². The molecule has 2 aromatic rings. The van der Waals surface area contributed by atoms with Crippen molar-refractivity contribution in [1.29, 1.82) is 0 Å². The Morgan fingerprint density at radius 3 is 1.48 bits per heavy atom. The minimum atomic E-state index is -2.26.